The fourth-order valence-corrected chi connectivity index (χ4v) is 3.86. The van der Waals surface area contributed by atoms with Crippen LogP contribution in [-0.4, -0.2) is 10.2 Å². The Labute approximate surface area is 155 Å². The summed E-state index contributed by atoms with van der Waals surface area (Å²) in [6.07, 6.45) is 1.69. The van der Waals surface area contributed by atoms with Crippen molar-refractivity contribution in [3.05, 3.63) is 68.2 Å². The van der Waals surface area contributed by atoms with Gasteiger partial charge < -0.3 is 0 Å². The number of thioether (sulfide) groups is 1. The number of benzene rings is 2. The van der Waals surface area contributed by atoms with E-state index in [-0.39, 0.29) is 11.7 Å². The number of halogens is 3. The lowest BCUT2D eigenvalue weighted by Crippen LogP contribution is -2.27. The summed E-state index contributed by atoms with van der Waals surface area (Å²) in [6.45, 7) is 0. The van der Waals surface area contributed by atoms with Gasteiger partial charge in [-0.1, -0.05) is 41.6 Å². The van der Waals surface area contributed by atoms with Crippen LogP contribution in [0.25, 0.3) is 6.08 Å². The average molecular weight is 429 g/mol. The molecule has 23 heavy (non-hydrogen) atoms. The smallest absolute Gasteiger partial charge is 0.268 e. The van der Waals surface area contributed by atoms with Crippen LogP contribution in [0.3, 0.4) is 0 Å². The Morgan fingerprint density at radius 1 is 1.22 bits per heavy atom. The highest BCUT2D eigenvalue weighted by atomic mass is 79.9. The minimum absolute atomic E-state index is 0.206. The number of thiocarbonyl (C=S) groups is 1. The maximum atomic E-state index is 13.3. The number of rotatable bonds is 2. The Morgan fingerprint density at radius 3 is 2.57 bits per heavy atom. The zero-order valence-corrected chi connectivity index (χ0v) is 15.4. The number of hydrogen-bond donors (Lipinski definition) is 0. The molecular formula is C16H8BrClFNOS2. The largest absolute Gasteiger partial charge is 0.270 e. The van der Waals surface area contributed by atoms with Crippen molar-refractivity contribution in [3.63, 3.8) is 0 Å². The highest BCUT2D eigenvalue weighted by Gasteiger charge is 2.33. The third kappa shape index (κ3) is 3.50. The molecule has 0 bridgehead atoms. The topological polar surface area (TPSA) is 20.3 Å². The number of hydrogen-bond acceptors (Lipinski definition) is 3. The molecule has 2 aromatic rings. The molecule has 1 amide bonds. The van der Waals surface area contributed by atoms with Crippen LogP contribution in [-0.2, 0) is 4.79 Å². The molecule has 1 fully saturated rings. The second kappa shape index (κ2) is 6.73. The van der Waals surface area contributed by atoms with Gasteiger partial charge >= 0.3 is 0 Å². The molecule has 1 aliphatic heterocycles. The third-order valence-corrected chi connectivity index (χ3v) is 5.28. The normalized spacial score (nSPS) is 16.5. The second-order valence-corrected chi connectivity index (χ2v) is 7.63. The summed E-state index contributed by atoms with van der Waals surface area (Å²) in [7, 11) is 0. The predicted octanol–water partition coefficient (Wildman–Crippen LogP) is 5.65. The zero-order chi connectivity index (χ0) is 16.6. The molecule has 1 aliphatic rings. The van der Waals surface area contributed by atoms with Crippen LogP contribution in [0.15, 0.2) is 51.8 Å². The number of anilines is 1. The van der Waals surface area contributed by atoms with Gasteiger partial charge in [-0.3, -0.25) is 9.69 Å². The lowest BCUT2D eigenvalue weighted by atomic mass is 10.2. The minimum Gasteiger partial charge on any atom is -0.268 e. The lowest BCUT2D eigenvalue weighted by molar-refractivity contribution is -0.113. The van der Waals surface area contributed by atoms with Gasteiger partial charge in [-0.05, 0) is 64.0 Å². The van der Waals surface area contributed by atoms with E-state index in [1.54, 1.807) is 42.5 Å². The van der Waals surface area contributed by atoms with Crippen molar-refractivity contribution in [1.82, 2.24) is 0 Å². The van der Waals surface area contributed by atoms with E-state index in [0.717, 1.165) is 5.56 Å². The van der Waals surface area contributed by atoms with Gasteiger partial charge in [0.15, 0.2) is 4.32 Å². The fourth-order valence-electron chi connectivity index (χ4n) is 2.03. The van der Waals surface area contributed by atoms with Crippen molar-refractivity contribution in [2.24, 2.45) is 0 Å². The summed E-state index contributed by atoms with van der Waals surface area (Å²) in [5.74, 6) is -0.557. The van der Waals surface area contributed by atoms with Crippen LogP contribution in [0.5, 0.6) is 0 Å². The highest BCUT2D eigenvalue weighted by molar-refractivity contribution is 9.10. The quantitative estimate of drug-likeness (QED) is 0.455. The molecular weight excluding hydrogens is 421 g/mol. The van der Waals surface area contributed by atoms with E-state index < -0.39 is 0 Å². The van der Waals surface area contributed by atoms with Crippen molar-refractivity contribution in [3.8, 4) is 0 Å². The van der Waals surface area contributed by atoms with Gasteiger partial charge in [0.25, 0.3) is 5.91 Å². The van der Waals surface area contributed by atoms with Crippen molar-refractivity contribution in [1.29, 1.82) is 0 Å². The minimum atomic E-state index is -0.351. The Morgan fingerprint density at radius 2 is 1.91 bits per heavy atom. The first kappa shape index (κ1) is 16.6. The molecule has 2 aromatic carbocycles. The van der Waals surface area contributed by atoms with E-state index in [4.69, 9.17) is 23.8 Å². The first-order valence-electron chi connectivity index (χ1n) is 6.44. The van der Waals surface area contributed by atoms with Crippen molar-refractivity contribution < 1.29 is 9.18 Å². The molecule has 116 valence electrons. The fraction of sp³-hybridized carbons (Fsp3) is 0. The van der Waals surface area contributed by atoms with Crippen LogP contribution >= 0.6 is 51.5 Å². The molecule has 0 saturated carbocycles. The summed E-state index contributed by atoms with van der Waals surface area (Å²) in [4.78, 5) is 14.5. The van der Waals surface area contributed by atoms with Crippen molar-refractivity contribution in [2.45, 2.75) is 0 Å². The lowest BCUT2D eigenvalue weighted by Gasteiger charge is -2.14. The monoisotopic (exact) mass is 427 g/mol. The van der Waals surface area contributed by atoms with Crippen LogP contribution < -0.4 is 4.90 Å². The molecule has 0 aromatic heterocycles. The van der Waals surface area contributed by atoms with Gasteiger partial charge in [0.05, 0.1) is 15.1 Å². The van der Waals surface area contributed by atoms with Crippen LogP contribution in [0.1, 0.15) is 5.56 Å². The van der Waals surface area contributed by atoms with Gasteiger partial charge in [0.2, 0.25) is 0 Å². The van der Waals surface area contributed by atoms with E-state index in [2.05, 4.69) is 15.9 Å². The maximum Gasteiger partial charge on any atom is 0.270 e. The highest BCUT2D eigenvalue weighted by Crippen LogP contribution is 2.36. The Balaban J connectivity index is 1.92. The molecule has 0 radical (unpaired) electrons. The van der Waals surface area contributed by atoms with E-state index >= 15 is 0 Å². The molecule has 0 atom stereocenters. The first-order valence-corrected chi connectivity index (χ1v) is 8.84. The SMILES string of the molecule is O=C1/C(=C/c2ccc(F)c(Br)c2)SC(=S)N1c1ccc(Cl)cc1. The molecule has 1 heterocycles. The summed E-state index contributed by atoms with van der Waals surface area (Å²) in [5, 5.41) is 0.589. The van der Waals surface area contributed by atoms with Crippen LogP contribution in [0, 0.1) is 5.82 Å². The van der Waals surface area contributed by atoms with Gasteiger partial charge in [0.1, 0.15) is 5.82 Å². The van der Waals surface area contributed by atoms with E-state index in [1.807, 2.05) is 0 Å². The number of carbonyl (C=O) groups is 1. The molecule has 0 unspecified atom stereocenters. The number of amides is 1. The molecule has 2 nitrogen and oxygen atoms in total. The number of nitrogens with zero attached hydrogens (tertiary/aromatic N) is 1. The Hall–Kier alpha value is -1.21. The molecule has 0 spiro atoms. The predicted molar refractivity (Wildman–Crippen MR) is 101 cm³/mol. The van der Waals surface area contributed by atoms with Gasteiger partial charge in [-0.15, -0.1) is 0 Å². The van der Waals surface area contributed by atoms with Crippen LogP contribution in [0.4, 0.5) is 10.1 Å². The van der Waals surface area contributed by atoms with Gasteiger partial charge in [0, 0.05) is 5.02 Å². The standard InChI is InChI=1S/C16H8BrClFNOS2/c17-12-7-9(1-6-13(12)19)8-14-15(21)20(16(22)23-14)11-4-2-10(18)3-5-11/h1-8H/b14-8-. The summed E-state index contributed by atoms with van der Waals surface area (Å²) >= 11 is 15.5. The average Bonchev–Trinajstić information content (AvgIpc) is 2.79. The van der Waals surface area contributed by atoms with E-state index in [9.17, 15) is 9.18 Å². The second-order valence-electron chi connectivity index (χ2n) is 4.67. The van der Waals surface area contributed by atoms with Crippen molar-refractivity contribution >= 4 is 73.5 Å². The molecule has 3 rings (SSSR count). The summed E-state index contributed by atoms with van der Waals surface area (Å²) < 4.78 is 14.1. The Kier molecular flexibility index (Phi) is 4.87. The maximum absolute atomic E-state index is 13.3. The summed E-state index contributed by atoms with van der Waals surface area (Å²) in [6, 6.07) is 11.5. The summed E-state index contributed by atoms with van der Waals surface area (Å²) in [5.41, 5.74) is 1.38. The molecule has 0 N–H and O–H groups in total. The van der Waals surface area contributed by atoms with Crippen LogP contribution in [0.2, 0.25) is 5.02 Å². The number of carbonyl (C=O) groups excluding carboxylic acids is 1. The molecule has 7 heteroatoms. The van der Waals surface area contributed by atoms with E-state index in [1.165, 1.54) is 22.7 Å². The molecule has 1 saturated heterocycles. The van der Waals surface area contributed by atoms with Gasteiger partial charge in [-0.25, -0.2) is 4.39 Å². The first-order chi connectivity index (χ1) is 11.0. The van der Waals surface area contributed by atoms with E-state index in [0.29, 0.717) is 24.4 Å². The molecule has 0 aliphatic carbocycles. The third-order valence-electron chi connectivity index (χ3n) is 3.12. The van der Waals surface area contributed by atoms with Crippen molar-refractivity contribution in [2.75, 3.05) is 4.90 Å². The van der Waals surface area contributed by atoms with Gasteiger partial charge in [-0.2, -0.15) is 0 Å². The Bertz CT molecular complexity index is 838. The zero-order valence-electron chi connectivity index (χ0n) is 11.4.